The second-order valence-corrected chi connectivity index (χ2v) is 6.27. The molecule has 0 fully saturated rings. The summed E-state index contributed by atoms with van der Waals surface area (Å²) >= 11 is 0. The lowest BCUT2D eigenvalue weighted by Crippen LogP contribution is -2.22. The van der Waals surface area contributed by atoms with Crippen LogP contribution >= 0.6 is 0 Å². The molecule has 132 valence electrons. The van der Waals surface area contributed by atoms with Crippen molar-refractivity contribution in [3.63, 3.8) is 0 Å². The Morgan fingerprint density at radius 1 is 1.04 bits per heavy atom. The highest BCUT2D eigenvalue weighted by atomic mass is 16.1. The Morgan fingerprint density at radius 2 is 1.73 bits per heavy atom. The Balaban J connectivity index is 2.00. The number of hydrogen-bond donors (Lipinski definition) is 1. The van der Waals surface area contributed by atoms with Gasteiger partial charge in [0.1, 0.15) is 11.2 Å². The summed E-state index contributed by atoms with van der Waals surface area (Å²) in [5.74, 6) is -0.444. The Bertz CT molecular complexity index is 1030. The number of aromatic nitrogens is 2. The highest BCUT2D eigenvalue weighted by Gasteiger charge is 2.19. The summed E-state index contributed by atoms with van der Waals surface area (Å²) in [4.78, 5) is 31.8. The van der Waals surface area contributed by atoms with Crippen molar-refractivity contribution in [1.29, 1.82) is 0 Å². The number of benzene rings is 1. The molecule has 0 aliphatic carbocycles. The monoisotopic (exact) mass is 347 g/mol. The first-order chi connectivity index (χ1) is 12.5. The minimum atomic E-state index is -0.383. The van der Waals surface area contributed by atoms with Gasteiger partial charge in [0.05, 0.1) is 0 Å². The molecule has 0 saturated carbocycles. The normalized spacial score (nSPS) is 11.6. The van der Waals surface area contributed by atoms with E-state index in [1.54, 1.807) is 19.9 Å². The summed E-state index contributed by atoms with van der Waals surface area (Å²) in [5, 5.41) is 0. The van der Waals surface area contributed by atoms with Crippen molar-refractivity contribution >= 4 is 11.7 Å². The lowest BCUT2D eigenvalue weighted by molar-refractivity contribution is 0.0991. The first-order valence-corrected chi connectivity index (χ1v) is 8.46. The third kappa shape index (κ3) is 3.57. The Hall–Kier alpha value is -3.21. The molecule has 5 heteroatoms. The lowest BCUT2D eigenvalue weighted by atomic mass is 10.1. The molecule has 0 spiro atoms. The maximum absolute atomic E-state index is 12.7. The van der Waals surface area contributed by atoms with E-state index in [0.717, 1.165) is 5.56 Å². The molecule has 5 nitrogen and oxygen atoms in total. The number of Topliss-reactive ketones (excluding diaryl/α,β-unsaturated/α-hetero) is 1. The molecule has 0 aliphatic rings. The van der Waals surface area contributed by atoms with Gasteiger partial charge in [0.25, 0.3) is 5.91 Å². The number of ketones is 1. The molecule has 0 radical (unpaired) electrons. The van der Waals surface area contributed by atoms with Crippen molar-refractivity contribution < 1.29 is 9.59 Å². The summed E-state index contributed by atoms with van der Waals surface area (Å²) < 4.78 is 1.92. The first kappa shape index (κ1) is 17.6. The van der Waals surface area contributed by atoms with Gasteiger partial charge in [-0.1, -0.05) is 36.4 Å². The zero-order chi connectivity index (χ0) is 18.7. The van der Waals surface area contributed by atoms with E-state index in [2.05, 4.69) is 9.98 Å². The summed E-state index contributed by atoms with van der Waals surface area (Å²) in [6.45, 7) is 5.68. The number of carbonyl (C=O) groups excluding carboxylic acids is 2. The number of hydrogen-bond acceptors (Lipinski definition) is 2. The zero-order valence-electron chi connectivity index (χ0n) is 15.1. The smallest absolute Gasteiger partial charge is 0.295 e. The van der Waals surface area contributed by atoms with E-state index in [-0.39, 0.29) is 11.7 Å². The molecule has 1 amide bonds. The molecule has 1 aromatic carbocycles. The number of aromatic amines is 1. The van der Waals surface area contributed by atoms with Gasteiger partial charge in [0.15, 0.2) is 5.78 Å². The van der Waals surface area contributed by atoms with Gasteiger partial charge in [-0.15, -0.1) is 0 Å². The van der Waals surface area contributed by atoms with Gasteiger partial charge in [-0.05, 0) is 44.0 Å². The fourth-order valence-corrected chi connectivity index (χ4v) is 3.13. The predicted octanol–water partition coefficient (Wildman–Crippen LogP) is 3.43. The van der Waals surface area contributed by atoms with Gasteiger partial charge in [0.2, 0.25) is 0 Å². The molecule has 3 rings (SSSR count). The zero-order valence-corrected chi connectivity index (χ0v) is 15.1. The van der Waals surface area contributed by atoms with E-state index in [0.29, 0.717) is 34.5 Å². The van der Waals surface area contributed by atoms with Crippen LogP contribution in [0.1, 0.15) is 44.6 Å². The molecular weight excluding hydrogens is 326 g/mol. The maximum atomic E-state index is 12.7. The van der Waals surface area contributed by atoms with Gasteiger partial charge in [-0.25, -0.2) is 0 Å². The Labute approximate surface area is 152 Å². The molecule has 26 heavy (non-hydrogen) atoms. The van der Waals surface area contributed by atoms with Crippen molar-refractivity contribution in [3.05, 3.63) is 88.3 Å². The van der Waals surface area contributed by atoms with Crippen molar-refractivity contribution in [2.45, 2.75) is 27.3 Å². The van der Waals surface area contributed by atoms with Crippen LogP contribution < -0.4 is 5.49 Å². The fraction of sp³-hybridized carbons (Fsp3) is 0.190. The minimum absolute atomic E-state index is 0.0610. The third-order valence-electron chi connectivity index (χ3n) is 4.33. The number of aryl methyl sites for hydroxylation is 1. The molecule has 0 atom stereocenters. The van der Waals surface area contributed by atoms with Crippen molar-refractivity contribution in [2.75, 3.05) is 0 Å². The van der Waals surface area contributed by atoms with Crippen LogP contribution in [0.3, 0.4) is 0 Å². The largest absolute Gasteiger partial charge is 0.354 e. The molecule has 3 aromatic rings. The van der Waals surface area contributed by atoms with E-state index < -0.39 is 0 Å². The van der Waals surface area contributed by atoms with E-state index in [1.807, 2.05) is 53.2 Å². The molecule has 0 unspecified atom stereocenters. The van der Waals surface area contributed by atoms with Gasteiger partial charge in [0, 0.05) is 24.0 Å². The van der Waals surface area contributed by atoms with Gasteiger partial charge in [-0.2, -0.15) is 4.99 Å². The van der Waals surface area contributed by atoms with Crippen LogP contribution in [0.15, 0.2) is 59.7 Å². The van der Waals surface area contributed by atoms with E-state index in [9.17, 15) is 9.59 Å². The summed E-state index contributed by atoms with van der Waals surface area (Å²) in [5.41, 5.74) is 3.96. The topological polar surface area (TPSA) is 67.2 Å². The standard InChI is InChI=1S/C21H21N3O2/c1-14-19(16(3)25)15(2)22-20(14)21(26)23-18-11-7-8-12-24(18)13-17-9-5-4-6-10-17/h4-12,22H,13H2,1-3H3. The van der Waals surface area contributed by atoms with E-state index >= 15 is 0 Å². The number of amides is 1. The average Bonchev–Trinajstić information content (AvgIpc) is 2.92. The molecule has 0 bridgehead atoms. The highest BCUT2D eigenvalue weighted by molar-refractivity contribution is 6.02. The molecule has 0 aliphatic heterocycles. The molecular formula is C21H21N3O2. The summed E-state index contributed by atoms with van der Waals surface area (Å²) in [6.07, 6.45) is 1.90. The summed E-state index contributed by atoms with van der Waals surface area (Å²) in [6, 6.07) is 15.6. The maximum Gasteiger partial charge on any atom is 0.295 e. The number of nitrogens with one attached hydrogen (secondary N) is 1. The van der Waals surface area contributed by atoms with Crippen molar-refractivity contribution in [1.82, 2.24) is 9.55 Å². The van der Waals surface area contributed by atoms with Crippen LogP contribution in [0.5, 0.6) is 0 Å². The van der Waals surface area contributed by atoms with Crippen LogP contribution in [-0.2, 0) is 6.54 Å². The first-order valence-electron chi connectivity index (χ1n) is 8.46. The van der Waals surface area contributed by atoms with Gasteiger partial charge in [-0.3, -0.25) is 9.59 Å². The second-order valence-electron chi connectivity index (χ2n) is 6.27. The number of nitrogens with zero attached hydrogens (tertiary/aromatic N) is 2. The average molecular weight is 347 g/mol. The Kier molecular flexibility index (Phi) is 4.98. The van der Waals surface area contributed by atoms with Crippen LogP contribution in [0, 0.1) is 13.8 Å². The third-order valence-corrected chi connectivity index (χ3v) is 4.33. The van der Waals surface area contributed by atoms with Gasteiger partial charge >= 0.3 is 0 Å². The number of carbonyl (C=O) groups is 2. The van der Waals surface area contributed by atoms with Crippen molar-refractivity contribution in [2.24, 2.45) is 4.99 Å². The quantitative estimate of drug-likeness (QED) is 0.735. The van der Waals surface area contributed by atoms with Crippen LogP contribution in [0.4, 0.5) is 0 Å². The van der Waals surface area contributed by atoms with Crippen LogP contribution in [-0.4, -0.2) is 21.2 Å². The fourth-order valence-electron chi connectivity index (χ4n) is 3.13. The minimum Gasteiger partial charge on any atom is -0.354 e. The van der Waals surface area contributed by atoms with E-state index in [4.69, 9.17) is 0 Å². The summed E-state index contributed by atoms with van der Waals surface area (Å²) in [7, 11) is 0. The van der Waals surface area contributed by atoms with Gasteiger partial charge < -0.3 is 9.55 Å². The number of pyridine rings is 1. The van der Waals surface area contributed by atoms with Crippen molar-refractivity contribution in [3.8, 4) is 0 Å². The molecule has 2 heterocycles. The predicted molar refractivity (Wildman–Crippen MR) is 100 cm³/mol. The van der Waals surface area contributed by atoms with E-state index in [1.165, 1.54) is 6.92 Å². The number of H-pyrrole nitrogens is 1. The number of rotatable bonds is 4. The molecule has 1 N–H and O–H groups in total. The van der Waals surface area contributed by atoms with Crippen LogP contribution in [0.25, 0.3) is 0 Å². The molecule has 2 aromatic heterocycles. The Morgan fingerprint density at radius 3 is 2.38 bits per heavy atom. The SMILES string of the molecule is CC(=O)c1c(C)[nH]c(C(=O)N=c2ccccn2Cc2ccccc2)c1C. The second kappa shape index (κ2) is 7.35. The molecule has 0 saturated heterocycles. The van der Waals surface area contributed by atoms with Crippen LogP contribution in [0.2, 0.25) is 0 Å². The lowest BCUT2D eigenvalue weighted by Gasteiger charge is -2.07. The highest BCUT2D eigenvalue weighted by Crippen LogP contribution is 2.19.